The molecule has 2 N–H and O–H groups in total. The van der Waals surface area contributed by atoms with Crippen LogP contribution in [0.15, 0.2) is 0 Å². The summed E-state index contributed by atoms with van der Waals surface area (Å²) in [5.41, 5.74) is 0. The summed E-state index contributed by atoms with van der Waals surface area (Å²) in [7, 11) is 0. The molecule has 0 radical (unpaired) electrons. The van der Waals surface area contributed by atoms with Crippen molar-refractivity contribution in [3.05, 3.63) is 0 Å². The average molecular weight is 264 g/mol. The first-order valence-electron chi connectivity index (χ1n) is 7.02. The summed E-state index contributed by atoms with van der Waals surface area (Å²) in [6.45, 7) is 9.95. The molecule has 0 bridgehead atoms. The van der Waals surface area contributed by atoms with Gasteiger partial charge in [0.2, 0.25) is 0 Å². The highest BCUT2D eigenvalue weighted by atomic mass is 16.6. The molecule has 0 aliphatic rings. The van der Waals surface area contributed by atoms with E-state index in [1.165, 1.54) is 6.42 Å². The first-order valence-corrected chi connectivity index (χ1v) is 7.02. The van der Waals surface area contributed by atoms with Gasteiger partial charge in [0.25, 0.3) is 0 Å². The van der Waals surface area contributed by atoms with Crippen molar-refractivity contribution in [2.45, 2.75) is 65.6 Å². The van der Waals surface area contributed by atoms with Crippen LogP contribution in [0.1, 0.15) is 59.8 Å². The third-order valence-corrected chi connectivity index (χ3v) is 2.04. The molecule has 0 saturated carbocycles. The molecule has 0 spiro atoms. The molecule has 0 aromatic carbocycles. The van der Waals surface area contributed by atoms with Gasteiger partial charge in [0.05, 0.1) is 0 Å². The van der Waals surface area contributed by atoms with Crippen LogP contribution in [0.25, 0.3) is 0 Å². The number of aliphatic hydroxyl groups is 2. The van der Waals surface area contributed by atoms with Gasteiger partial charge in [-0.25, -0.2) is 0 Å². The second kappa shape index (κ2) is 14.9. The van der Waals surface area contributed by atoms with Crippen LogP contribution in [0.5, 0.6) is 0 Å². The Labute approximate surface area is 112 Å². The number of hydrogen-bond acceptors (Lipinski definition) is 4. The van der Waals surface area contributed by atoms with Crippen molar-refractivity contribution in [1.29, 1.82) is 0 Å². The largest absolute Gasteiger partial charge is 0.396 e. The summed E-state index contributed by atoms with van der Waals surface area (Å²) < 4.78 is 10.2. The molecule has 0 heterocycles. The molecule has 0 aromatic heterocycles. The molecule has 112 valence electrons. The maximum Gasteiger partial charge on any atom is 0.159 e. The zero-order chi connectivity index (χ0) is 14.3. The lowest BCUT2D eigenvalue weighted by molar-refractivity contribution is -0.176. The van der Waals surface area contributed by atoms with Crippen LogP contribution >= 0.6 is 0 Å². The first-order chi connectivity index (χ1) is 8.47. The zero-order valence-electron chi connectivity index (χ0n) is 12.6. The minimum atomic E-state index is -0.949. The maximum absolute atomic E-state index is 9.02. The van der Waals surface area contributed by atoms with Crippen molar-refractivity contribution in [3.8, 4) is 0 Å². The Morgan fingerprint density at radius 1 is 0.889 bits per heavy atom. The van der Waals surface area contributed by atoms with Crippen LogP contribution in [0.2, 0.25) is 0 Å². The average Bonchev–Trinajstić information content (AvgIpc) is 2.29. The third-order valence-electron chi connectivity index (χ3n) is 2.04. The number of hydrogen-bond donors (Lipinski definition) is 2. The number of rotatable bonds is 10. The third kappa shape index (κ3) is 24.9. The lowest BCUT2D eigenvalue weighted by Gasteiger charge is -2.17. The highest BCUT2D eigenvalue weighted by Crippen LogP contribution is 2.03. The molecule has 4 nitrogen and oxygen atoms in total. The second-order valence-electron chi connectivity index (χ2n) is 4.69. The Morgan fingerprint density at radius 2 is 1.39 bits per heavy atom. The highest BCUT2D eigenvalue weighted by molar-refractivity contribution is 4.47. The normalized spacial score (nSPS) is 11.0. The van der Waals surface area contributed by atoms with E-state index in [2.05, 4.69) is 13.8 Å². The summed E-state index contributed by atoms with van der Waals surface area (Å²) in [5.74, 6) is -0.949. The molecular weight excluding hydrogens is 232 g/mol. The summed E-state index contributed by atoms with van der Waals surface area (Å²) >= 11 is 0. The smallest absolute Gasteiger partial charge is 0.159 e. The Hall–Kier alpha value is -0.160. The number of ether oxygens (including phenoxy) is 2. The maximum atomic E-state index is 9.02. The van der Waals surface area contributed by atoms with Crippen molar-refractivity contribution in [3.63, 3.8) is 0 Å². The fraction of sp³-hybridized carbons (Fsp3) is 1.00. The molecule has 0 saturated heterocycles. The number of aliphatic hydroxyl groups excluding tert-OH is 1. The van der Waals surface area contributed by atoms with E-state index >= 15 is 0 Å². The second-order valence-corrected chi connectivity index (χ2v) is 4.69. The van der Waals surface area contributed by atoms with Gasteiger partial charge in [-0.05, 0) is 33.1 Å². The van der Waals surface area contributed by atoms with Crippen LogP contribution in [-0.2, 0) is 9.47 Å². The quantitative estimate of drug-likeness (QED) is 0.470. The van der Waals surface area contributed by atoms with E-state index in [4.69, 9.17) is 19.7 Å². The molecule has 4 heteroatoms. The van der Waals surface area contributed by atoms with Gasteiger partial charge < -0.3 is 19.7 Å². The molecule has 0 atom stereocenters. The Kier molecular flexibility index (Phi) is 16.7. The van der Waals surface area contributed by atoms with Crippen LogP contribution in [-0.4, -0.2) is 42.4 Å². The minimum Gasteiger partial charge on any atom is -0.396 e. The van der Waals surface area contributed by atoms with Crippen LogP contribution in [0.3, 0.4) is 0 Å². The lowest BCUT2D eigenvalue weighted by atomic mass is 10.3. The van der Waals surface area contributed by atoms with E-state index in [0.717, 1.165) is 32.3 Å². The standard InChI is InChI=1S/2C7H16O2/c1-4-5-6-9-7(2,3)8;1-2-3-6-9-7-4-5-8/h8H,4-6H2,1-3H3;8H,2-7H2,1H3. The van der Waals surface area contributed by atoms with Gasteiger partial charge in [0.15, 0.2) is 5.79 Å². The summed E-state index contributed by atoms with van der Waals surface area (Å²) in [5, 5.41) is 17.4. The topological polar surface area (TPSA) is 58.9 Å². The SMILES string of the molecule is CCCCOC(C)(C)O.CCCCOCCCO. The van der Waals surface area contributed by atoms with E-state index in [0.29, 0.717) is 13.2 Å². The van der Waals surface area contributed by atoms with Crippen molar-refractivity contribution in [2.24, 2.45) is 0 Å². The Bertz CT molecular complexity index is 137. The van der Waals surface area contributed by atoms with Gasteiger partial charge in [-0.2, -0.15) is 0 Å². The van der Waals surface area contributed by atoms with Gasteiger partial charge in [0.1, 0.15) is 0 Å². The van der Waals surface area contributed by atoms with Crippen molar-refractivity contribution < 1.29 is 19.7 Å². The monoisotopic (exact) mass is 264 g/mol. The Balaban J connectivity index is 0. The predicted octanol–water partition coefficient (Wildman–Crippen LogP) is 2.72. The minimum absolute atomic E-state index is 0.242. The fourth-order valence-corrected chi connectivity index (χ4v) is 0.981. The van der Waals surface area contributed by atoms with Crippen molar-refractivity contribution in [2.75, 3.05) is 26.4 Å². The van der Waals surface area contributed by atoms with E-state index in [-0.39, 0.29) is 6.61 Å². The molecule has 0 aliphatic carbocycles. The molecule has 0 fully saturated rings. The summed E-state index contributed by atoms with van der Waals surface area (Å²) in [6, 6.07) is 0. The molecule has 0 rings (SSSR count). The number of unbranched alkanes of at least 4 members (excludes halogenated alkanes) is 2. The summed E-state index contributed by atoms with van der Waals surface area (Å²) in [4.78, 5) is 0. The fourth-order valence-electron chi connectivity index (χ4n) is 0.981. The van der Waals surface area contributed by atoms with Crippen molar-refractivity contribution in [1.82, 2.24) is 0 Å². The molecular formula is C14H32O4. The zero-order valence-corrected chi connectivity index (χ0v) is 12.6. The van der Waals surface area contributed by atoms with Crippen LogP contribution in [0, 0.1) is 0 Å². The van der Waals surface area contributed by atoms with E-state index in [1.807, 2.05) is 0 Å². The van der Waals surface area contributed by atoms with Gasteiger partial charge in [-0.3, -0.25) is 0 Å². The molecule has 0 unspecified atom stereocenters. The van der Waals surface area contributed by atoms with Gasteiger partial charge in [-0.15, -0.1) is 0 Å². The molecule has 0 amide bonds. The van der Waals surface area contributed by atoms with Crippen molar-refractivity contribution >= 4 is 0 Å². The predicted molar refractivity (Wildman–Crippen MR) is 74.6 cm³/mol. The van der Waals surface area contributed by atoms with E-state index in [9.17, 15) is 0 Å². The van der Waals surface area contributed by atoms with E-state index < -0.39 is 5.79 Å². The van der Waals surface area contributed by atoms with Gasteiger partial charge >= 0.3 is 0 Å². The molecule has 18 heavy (non-hydrogen) atoms. The molecule has 0 aromatic rings. The Morgan fingerprint density at radius 3 is 1.83 bits per heavy atom. The van der Waals surface area contributed by atoms with Gasteiger partial charge in [-0.1, -0.05) is 26.7 Å². The van der Waals surface area contributed by atoms with Crippen LogP contribution < -0.4 is 0 Å². The lowest BCUT2D eigenvalue weighted by Crippen LogP contribution is -2.23. The van der Waals surface area contributed by atoms with Crippen LogP contribution in [0.4, 0.5) is 0 Å². The van der Waals surface area contributed by atoms with E-state index in [1.54, 1.807) is 13.8 Å². The molecule has 0 aliphatic heterocycles. The first kappa shape index (κ1) is 20.2. The van der Waals surface area contributed by atoms with Gasteiger partial charge in [0, 0.05) is 26.4 Å². The summed E-state index contributed by atoms with van der Waals surface area (Å²) in [6.07, 6.45) is 5.20. The highest BCUT2D eigenvalue weighted by Gasteiger charge is 2.10.